The van der Waals surface area contributed by atoms with E-state index in [4.69, 9.17) is 9.47 Å². The Hall–Kier alpha value is -2.33. The summed E-state index contributed by atoms with van der Waals surface area (Å²) in [7, 11) is 1.59. The number of hydrogen-bond acceptors (Lipinski definition) is 7. The molecule has 25 heavy (non-hydrogen) atoms. The molecule has 0 N–H and O–H groups in total. The van der Waals surface area contributed by atoms with Crippen molar-refractivity contribution in [3.05, 3.63) is 29.0 Å². The van der Waals surface area contributed by atoms with Crippen LogP contribution in [0.2, 0.25) is 0 Å². The smallest absolute Gasteiger partial charge is 0.197 e. The molecule has 8 nitrogen and oxygen atoms in total. The van der Waals surface area contributed by atoms with Gasteiger partial charge in [0, 0.05) is 19.2 Å². The first-order valence-electron chi connectivity index (χ1n) is 7.61. The average molecular weight is 409 g/mol. The third-order valence-corrected chi connectivity index (χ3v) is 4.31. The van der Waals surface area contributed by atoms with Crippen LogP contribution in [0.1, 0.15) is 0 Å². The van der Waals surface area contributed by atoms with Crippen molar-refractivity contribution in [1.29, 1.82) is 0 Å². The largest absolute Gasteiger partial charge is 0.493 e. The van der Waals surface area contributed by atoms with Gasteiger partial charge in [0.25, 0.3) is 0 Å². The summed E-state index contributed by atoms with van der Waals surface area (Å²) in [5.74, 6) is 0.720. The zero-order chi connectivity index (χ0) is 17.4. The molecule has 1 fully saturated rings. The average Bonchev–Trinajstić information content (AvgIpc) is 3.06. The van der Waals surface area contributed by atoms with E-state index < -0.39 is 5.82 Å². The Labute approximate surface area is 150 Å². The molecule has 3 aromatic rings. The number of fused-ring (bicyclic) bond motifs is 1. The summed E-state index contributed by atoms with van der Waals surface area (Å²) in [4.78, 5) is 14.3. The second kappa shape index (κ2) is 6.52. The summed E-state index contributed by atoms with van der Waals surface area (Å²) in [6, 6.07) is 1.77. The molecule has 0 unspecified atom stereocenters. The lowest BCUT2D eigenvalue weighted by Gasteiger charge is -2.28. The Morgan fingerprint density at radius 2 is 2.04 bits per heavy atom. The Morgan fingerprint density at radius 1 is 1.24 bits per heavy atom. The molecule has 3 aromatic heterocycles. The molecule has 4 rings (SSSR count). The maximum atomic E-state index is 14.2. The molecule has 0 radical (unpaired) electrons. The van der Waals surface area contributed by atoms with Gasteiger partial charge >= 0.3 is 0 Å². The first-order valence-corrected chi connectivity index (χ1v) is 8.40. The SMILES string of the molecule is COc1cc2ncc(-c3nc(Br)ncc3F)n2nc1N1CCOCC1. The van der Waals surface area contributed by atoms with Crippen LogP contribution in [0.15, 0.2) is 23.2 Å². The highest BCUT2D eigenvalue weighted by molar-refractivity contribution is 9.10. The third kappa shape index (κ3) is 2.91. The van der Waals surface area contributed by atoms with E-state index in [1.54, 1.807) is 17.7 Å². The second-order valence-corrected chi connectivity index (χ2v) is 6.09. The zero-order valence-electron chi connectivity index (χ0n) is 13.3. The lowest BCUT2D eigenvalue weighted by Crippen LogP contribution is -2.37. The van der Waals surface area contributed by atoms with Gasteiger partial charge in [0.2, 0.25) is 0 Å². The highest BCUT2D eigenvalue weighted by Crippen LogP contribution is 2.30. The fraction of sp³-hybridized carbons (Fsp3) is 0.333. The van der Waals surface area contributed by atoms with Crippen molar-refractivity contribution in [2.24, 2.45) is 0 Å². The minimum Gasteiger partial charge on any atom is -0.493 e. The normalized spacial score (nSPS) is 14.9. The van der Waals surface area contributed by atoms with Crippen molar-refractivity contribution in [1.82, 2.24) is 24.6 Å². The van der Waals surface area contributed by atoms with Crippen LogP contribution < -0.4 is 9.64 Å². The van der Waals surface area contributed by atoms with Crippen LogP contribution in [0, 0.1) is 5.82 Å². The topological polar surface area (TPSA) is 77.7 Å². The van der Waals surface area contributed by atoms with E-state index in [9.17, 15) is 4.39 Å². The van der Waals surface area contributed by atoms with Crippen molar-refractivity contribution in [3.63, 3.8) is 0 Å². The second-order valence-electron chi connectivity index (χ2n) is 5.38. The monoisotopic (exact) mass is 408 g/mol. The van der Waals surface area contributed by atoms with Crippen molar-refractivity contribution < 1.29 is 13.9 Å². The fourth-order valence-corrected chi connectivity index (χ4v) is 3.00. The Kier molecular flexibility index (Phi) is 4.22. The van der Waals surface area contributed by atoms with Gasteiger partial charge in [-0.05, 0) is 15.9 Å². The molecule has 1 aliphatic heterocycles. The summed E-state index contributed by atoms with van der Waals surface area (Å²) in [5.41, 5.74) is 1.10. The molecule has 0 spiro atoms. The van der Waals surface area contributed by atoms with Gasteiger partial charge in [-0.2, -0.15) is 0 Å². The molecule has 0 atom stereocenters. The Balaban J connectivity index is 1.88. The first-order chi connectivity index (χ1) is 12.2. The van der Waals surface area contributed by atoms with Gasteiger partial charge < -0.3 is 14.4 Å². The number of morpholine rings is 1. The van der Waals surface area contributed by atoms with Gasteiger partial charge in [-0.15, -0.1) is 5.10 Å². The number of anilines is 1. The minimum atomic E-state index is -0.546. The predicted molar refractivity (Wildman–Crippen MR) is 91.3 cm³/mol. The zero-order valence-corrected chi connectivity index (χ0v) is 14.9. The quantitative estimate of drug-likeness (QED) is 0.612. The summed E-state index contributed by atoms with van der Waals surface area (Å²) < 4.78 is 26.9. The number of rotatable bonds is 3. The standard InChI is InChI=1S/C15H14BrFN6O2/c1-24-11-6-12-18-8-10(13-9(17)7-19-15(16)20-13)23(12)21-14(11)22-2-4-25-5-3-22/h6-8H,2-5H2,1H3. The van der Waals surface area contributed by atoms with E-state index in [1.165, 1.54) is 6.20 Å². The van der Waals surface area contributed by atoms with Gasteiger partial charge in [-0.1, -0.05) is 0 Å². The molecular formula is C15H14BrFN6O2. The van der Waals surface area contributed by atoms with Crippen LogP contribution in [0.4, 0.5) is 10.2 Å². The molecule has 0 aliphatic carbocycles. The van der Waals surface area contributed by atoms with Crippen molar-refractivity contribution in [2.75, 3.05) is 38.3 Å². The van der Waals surface area contributed by atoms with E-state index in [0.717, 1.165) is 6.20 Å². The maximum absolute atomic E-state index is 14.2. The van der Waals surface area contributed by atoms with Crippen LogP contribution in [0.5, 0.6) is 5.75 Å². The Morgan fingerprint density at radius 3 is 2.80 bits per heavy atom. The number of hydrogen-bond donors (Lipinski definition) is 0. The van der Waals surface area contributed by atoms with Crippen molar-refractivity contribution in [3.8, 4) is 17.1 Å². The summed E-state index contributed by atoms with van der Waals surface area (Å²) in [6.45, 7) is 2.64. The molecule has 0 saturated carbocycles. The van der Waals surface area contributed by atoms with E-state index >= 15 is 0 Å². The summed E-state index contributed by atoms with van der Waals surface area (Å²) >= 11 is 3.16. The Bertz CT molecular complexity index is 928. The van der Waals surface area contributed by atoms with Gasteiger partial charge in [0.05, 0.1) is 32.7 Å². The molecule has 0 aromatic carbocycles. The number of nitrogens with zero attached hydrogens (tertiary/aromatic N) is 6. The third-order valence-electron chi connectivity index (χ3n) is 3.93. The van der Waals surface area contributed by atoms with Crippen LogP contribution in [0.3, 0.4) is 0 Å². The molecule has 4 heterocycles. The molecular weight excluding hydrogens is 395 g/mol. The summed E-state index contributed by atoms with van der Waals surface area (Å²) in [6.07, 6.45) is 2.64. The molecule has 1 aliphatic rings. The van der Waals surface area contributed by atoms with Gasteiger partial charge in [-0.25, -0.2) is 23.9 Å². The lowest BCUT2D eigenvalue weighted by atomic mass is 10.3. The predicted octanol–water partition coefficient (Wildman–Crippen LogP) is 1.93. The first kappa shape index (κ1) is 16.2. The lowest BCUT2D eigenvalue weighted by molar-refractivity contribution is 0.122. The van der Waals surface area contributed by atoms with Crippen LogP contribution in [-0.4, -0.2) is 58.0 Å². The number of methoxy groups -OCH3 is 1. The van der Waals surface area contributed by atoms with Gasteiger partial charge in [0.15, 0.2) is 27.8 Å². The number of halogens is 2. The highest BCUT2D eigenvalue weighted by Gasteiger charge is 2.21. The van der Waals surface area contributed by atoms with E-state index in [2.05, 4.69) is 40.9 Å². The van der Waals surface area contributed by atoms with E-state index in [-0.39, 0.29) is 5.69 Å². The number of imidazole rings is 1. The van der Waals surface area contributed by atoms with Crippen LogP contribution >= 0.6 is 15.9 Å². The van der Waals surface area contributed by atoms with Crippen molar-refractivity contribution >= 4 is 27.4 Å². The van der Waals surface area contributed by atoms with Gasteiger partial charge in [-0.3, -0.25) is 0 Å². The van der Waals surface area contributed by atoms with Crippen molar-refractivity contribution in [2.45, 2.75) is 0 Å². The summed E-state index contributed by atoms with van der Waals surface area (Å²) in [5, 5.41) is 4.63. The number of aromatic nitrogens is 5. The molecule has 130 valence electrons. The maximum Gasteiger partial charge on any atom is 0.197 e. The highest BCUT2D eigenvalue weighted by atomic mass is 79.9. The number of ether oxygens (including phenoxy) is 2. The fourth-order valence-electron chi connectivity index (χ4n) is 2.72. The van der Waals surface area contributed by atoms with E-state index in [0.29, 0.717) is 53.9 Å². The van der Waals surface area contributed by atoms with Crippen LogP contribution in [0.25, 0.3) is 17.0 Å². The molecule has 0 bridgehead atoms. The van der Waals surface area contributed by atoms with Gasteiger partial charge in [0.1, 0.15) is 11.4 Å². The molecule has 1 saturated heterocycles. The minimum absolute atomic E-state index is 0.125. The van der Waals surface area contributed by atoms with Crippen LogP contribution in [-0.2, 0) is 4.74 Å². The van der Waals surface area contributed by atoms with E-state index in [1.807, 2.05) is 0 Å². The molecule has 10 heteroatoms. The molecule has 0 amide bonds.